The first kappa shape index (κ1) is 21.4. The zero-order valence-electron chi connectivity index (χ0n) is 17.5. The van der Waals surface area contributed by atoms with Crippen molar-refractivity contribution in [2.75, 3.05) is 30.1 Å². The highest BCUT2D eigenvalue weighted by Crippen LogP contribution is 2.33. The number of anilines is 2. The van der Waals surface area contributed by atoms with Crippen molar-refractivity contribution in [2.45, 2.75) is 12.1 Å². The predicted octanol–water partition coefficient (Wildman–Crippen LogP) is 5.29. The maximum Gasteiger partial charge on any atom is 0.234 e. The van der Waals surface area contributed by atoms with Crippen molar-refractivity contribution in [1.29, 1.82) is 0 Å². The second kappa shape index (κ2) is 9.11. The fourth-order valence-electron chi connectivity index (χ4n) is 3.44. The van der Waals surface area contributed by atoms with E-state index in [4.69, 9.17) is 0 Å². The van der Waals surface area contributed by atoms with Gasteiger partial charge < -0.3 is 10.2 Å². The number of para-hydroxylation sites is 1. The monoisotopic (exact) mass is 495 g/mol. The van der Waals surface area contributed by atoms with Crippen LogP contribution in [0.3, 0.4) is 0 Å². The van der Waals surface area contributed by atoms with Crippen molar-refractivity contribution in [2.24, 2.45) is 0 Å². The summed E-state index contributed by atoms with van der Waals surface area (Å²) < 4.78 is 2.86. The van der Waals surface area contributed by atoms with Gasteiger partial charge in [0, 0.05) is 35.0 Å². The molecule has 4 rings (SSSR count). The molecular weight excluding hydrogens is 474 g/mol. The number of aromatic nitrogens is 3. The van der Waals surface area contributed by atoms with Crippen LogP contribution in [0.25, 0.3) is 16.5 Å². The summed E-state index contributed by atoms with van der Waals surface area (Å²) in [5, 5.41) is 14.5. The van der Waals surface area contributed by atoms with Crippen LogP contribution in [-0.2, 0) is 4.79 Å². The second-order valence-corrected chi connectivity index (χ2v) is 9.02. The van der Waals surface area contributed by atoms with Gasteiger partial charge in [0.15, 0.2) is 5.16 Å². The first-order valence-electron chi connectivity index (χ1n) is 9.74. The van der Waals surface area contributed by atoms with Gasteiger partial charge in [0.05, 0.1) is 17.1 Å². The molecule has 1 aromatic heterocycles. The molecule has 0 spiro atoms. The van der Waals surface area contributed by atoms with E-state index in [1.165, 1.54) is 11.8 Å². The molecule has 4 aromatic rings. The molecule has 31 heavy (non-hydrogen) atoms. The highest BCUT2D eigenvalue weighted by atomic mass is 79.9. The molecular formula is C23H22BrN5OS. The Balaban J connectivity index is 1.63. The van der Waals surface area contributed by atoms with E-state index in [9.17, 15) is 4.79 Å². The first-order valence-corrected chi connectivity index (χ1v) is 11.5. The average Bonchev–Trinajstić information content (AvgIpc) is 3.13. The molecule has 1 N–H and O–H groups in total. The topological polar surface area (TPSA) is 63.1 Å². The van der Waals surface area contributed by atoms with Crippen LogP contribution in [0.2, 0.25) is 0 Å². The average molecular weight is 496 g/mol. The lowest BCUT2D eigenvalue weighted by molar-refractivity contribution is -0.113. The van der Waals surface area contributed by atoms with Gasteiger partial charge in [-0.15, -0.1) is 10.2 Å². The van der Waals surface area contributed by atoms with Crippen LogP contribution in [0.4, 0.5) is 11.4 Å². The second-order valence-electron chi connectivity index (χ2n) is 7.23. The fourth-order valence-corrected chi connectivity index (χ4v) is 4.62. The van der Waals surface area contributed by atoms with Crippen LogP contribution in [0.1, 0.15) is 5.82 Å². The number of thioether (sulfide) groups is 1. The fraction of sp³-hybridized carbons (Fsp3) is 0.174. The van der Waals surface area contributed by atoms with E-state index in [0.717, 1.165) is 38.1 Å². The molecule has 1 heterocycles. The van der Waals surface area contributed by atoms with E-state index in [-0.39, 0.29) is 11.7 Å². The zero-order chi connectivity index (χ0) is 22.0. The van der Waals surface area contributed by atoms with Crippen molar-refractivity contribution < 1.29 is 4.79 Å². The molecule has 0 aliphatic rings. The molecule has 0 unspecified atom stereocenters. The van der Waals surface area contributed by atoms with Gasteiger partial charge in [-0.1, -0.05) is 48.2 Å². The quantitative estimate of drug-likeness (QED) is 0.368. The van der Waals surface area contributed by atoms with Gasteiger partial charge in [-0.25, -0.2) is 0 Å². The number of carbonyl (C=O) groups excluding carboxylic acids is 1. The molecule has 0 saturated carbocycles. The molecule has 3 aromatic carbocycles. The number of hydrogen-bond acceptors (Lipinski definition) is 5. The number of aryl methyl sites for hydroxylation is 1. The third kappa shape index (κ3) is 4.45. The lowest BCUT2D eigenvalue weighted by Gasteiger charge is -2.18. The third-order valence-corrected chi connectivity index (χ3v) is 6.50. The maximum atomic E-state index is 12.5. The number of halogens is 1. The van der Waals surface area contributed by atoms with E-state index in [0.29, 0.717) is 5.16 Å². The first-order chi connectivity index (χ1) is 15.0. The van der Waals surface area contributed by atoms with Crippen molar-refractivity contribution >= 4 is 55.7 Å². The summed E-state index contributed by atoms with van der Waals surface area (Å²) in [7, 11) is 4.08. The number of carbonyl (C=O) groups is 1. The Kier molecular flexibility index (Phi) is 6.29. The SMILES string of the molecule is Cc1nnc(SCC(=O)Nc2ccccc2Br)n1-c1ccc(N(C)C)c2ccccc12. The standard InChI is InChI=1S/C23H22BrN5OS/c1-15-26-27-23(31-14-22(30)25-19-11-7-6-10-18(19)24)29(15)21-13-12-20(28(2)3)16-8-4-5-9-17(16)21/h4-13H,14H2,1-3H3,(H,25,30). The molecule has 0 fully saturated rings. The van der Waals surface area contributed by atoms with Gasteiger partial charge in [-0.2, -0.15) is 0 Å². The van der Waals surface area contributed by atoms with Gasteiger partial charge in [0.25, 0.3) is 0 Å². The summed E-state index contributed by atoms with van der Waals surface area (Å²) in [6.45, 7) is 1.92. The number of nitrogens with zero attached hydrogens (tertiary/aromatic N) is 4. The third-order valence-electron chi connectivity index (χ3n) is 4.88. The lowest BCUT2D eigenvalue weighted by Crippen LogP contribution is -2.15. The van der Waals surface area contributed by atoms with E-state index in [1.54, 1.807) is 0 Å². The van der Waals surface area contributed by atoms with E-state index < -0.39 is 0 Å². The summed E-state index contributed by atoms with van der Waals surface area (Å²) in [4.78, 5) is 14.6. The predicted molar refractivity (Wildman–Crippen MR) is 131 cm³/mol. The smallest absolute Gasteiger partial charge is 0.234 e. The summed E-state index contributed by atoms with van der Waals surface area (Å²) in [5.74, 6) is 0.904. The maximum absolute atomic E-state index is 12.5. The summed E-state index contributed by atoms with van der Waals surface area (Å²) in [5.41, 5.74) is 2.89. The van der Waals surface area contributed by atoms with E-state index in [2.05, 4.69) is 60.6 Å². The zero-order valence-corrected chi connectivity index (χ0v) is 19.9. The Morgan fingerprint density at radius 1 is 1.03 bits per heavy atom. The van der Waals surface area contributed by atoms with Crippen molar-refractivity contribution in [3.05, 3.63) is 71.0 Å². The number of benzene rings is 3. The van der Waals surface area contributed by atoms with Gasteiger partial charge in [0.1, 0.15) is 5.82 Å². The molecule has 8 heteroatoms. The van der Waals surface area contributed by atoms with Crippen LogP contribution in [0.15, 0.2) is 70.3 Å². The molecule has 0 atom stereocenters. The van der Waals surface area contributed by atoms with Crippen LogP contribution in [0, 0.1) is 6.92 Å². The van der Waals surface area contributed by atoms with Gasteiger partial charge >= 0.3 is 0 Å². The molecule has 0 radical (unpaired) electrons. The summed E-state index contributed by atoms with van der Waals surface area (Å²) in [6, 6.07) is 20.0. The number of nitrogens with one attached hydrogen (secondary N) is 1. The minimum atomic E-state index is -0.100. The normalized spacial score (nSPS) is 11.0. The minimum Gasteiger partial charge on any atom is -0.377 e. The number of hydrogen-bond donors (Lipinski definition) is 1. The number of fused-ring (bicyclic) bond motifs is 1. The van der Waals surface area contributed by atoms with E-state index in [1.807, 2.05) is 62.0 Å². The molecule has 1 amide bonds. The molecule has 0 aliphatic carbocycles. The Labute approximate surface area is 193 Å². The van der Waals surface area contributed by atoms with Crippen molar-refractivity contribution in [3.8, 4) is 5.69 Å². The molecule has 0 aliphatic heterocycles. The van der Waals surface area contributed by atoms with Crippen molar-refractivity contribution in [1.82, 2.24) is 14.8 Å². The highest BCUT2D eigenvalue weighted by molar-refractivity contribution is 9.10. The van der Waals surface area contributed by atoms with Crippen LogP contribution in [-0.4, -0.2) is 40.5 Å². The Hall–Kier alpha value is -2.84. The largest absolute Gasteiger partial charge is 0.377 e. The molecule has 0 bridgehead atoms. The van der Waals surface area contributed by atoms with Crippen LogP contribution in [0.5, 0.6) is 0 Å². The van der Waals surface area contributed by atoms with Gasteiger partial charge in [0.2, 0.25) is 5.91 Å². The Bertz CT molecular complexity index is 1250. The molecule has 0 saturated heterocycles. The number of rotatable bonds is 6. The minimum absolute atomic E-state index is 0.100. The van der Waals surface area contributed by atoms with Gasteiger partial charge in [-0.05, 0) is 47.1 Å². The Morgan fingerprint density at radius 2 is 1.74 bits per heavy atom. The van der Waals surface area contributed by atoms with Crippen molar-refractivity contribution in [3.63, 3.8) is 0 Å². The Morgan fingerprint density at radius 3 is 2.48 bits per heavy atom. The van der Waals surface area contributed by atoms with Gasteiger partial charge in [-0.3, -0.25) is 9.36 Å². The van der Waals surface area contributed by atoms with E-state index >= 15 is 0 Å². The molecule has 158 valence electrons. The molecule has 6 nitrogen and oxygen atoms in total. The highest BCUT2D eigenvalue weighted by Gasteiger charge is 2.17. The summed E-state index contributed by atoms with van der Waals surface area (Å²) >= 11 is 4.82. The summed E-state index contributed by atoms with van der Waals surface area (Å²) in [6.07, 6.45) is 0. The lowest BCUT2D eigenvalue weighted by atomic mass is 10.1. The van der Waals surface area contributed by atoms with Crippen LogP contribution >= 0.6 is 27.7 Å². The van der Waals surface area contributed by atoms with Crippen LogP contribution < -0.4 is 10.2 Å². The number of amides is 1.